The third-order valence-corrected chi connectivity index (χ3v) is 3.64. The molecule has 0 unspecified atom stereocenters. The Morgan fingerprint density at radius 1 is 1.12 bits per heavy atom. The van der Waals surface area contributed by atoms with Crippen molar-refractivity contribution in [2.75, 3.05) is 65.6 Å². The first-order valence-electron chi connectivity index (χ1n) is 8.66. The Kier molecular flexibility index (Phi) is 15.4. The van der Waals surface area contributed by atoms with Gasteiger partial charge in [0, 0.05) is 47.4 Å². The fourth-order valence-electron chi connectivity index (χ4n) is 2.25. The van der Waals surface area contributed by atoms with E-state index in [1.54, 1.807) is 26.3 Å². The monoisotopic (exact) mass is 482 g/mol. The minimum absolute atomic E-state index is 0. The smallest absolute Gasteiger partial charge is 0.190 e. The molecule has 0 heterocycles. The molecular formula is C18H32FIN4O2. The number of nitrogens with one attached hydrogen (secondary N) is 2. The summed E-state index contributed by atoms with van der Waals surface area (Å²) in [4.78, 5) is 6.11. The Morgan fingerprint density at radius 2 is 1.81 bits per heavy atom. The average Bonchev–Trinajstić information content (AvgIpc) is 2.62. The maximum absolute atomic E-state index is 13.7. The fourth-order valence-corrected chi connectivity index (χ4v) is 2.25. The van der Waals surface area contributed by atoms with Crippen LogP contribution in [0, 0.1) is 5.82 Å². The summed E-state index contributed by atoms with van der Waals surface area (Å²) in [6.45, 7) is 4.26. The number of methoxy groups -OCH3 is 1. The molecule has 0 aliphatic carbocycles. The van der Waals surface area contributed by atoms with Crippen LogP contribution >= 0.6 is 24.0 Å². The van der Waals surface area contributed by atoms with Crippen molar-refractivity contribution in [2.24, 2.45) is 4.99 Å². The van der Waals surface area contributed by atoms with E-state index < -0.39 is 0 Å². The van der Waals surface area contributed by atoms with Gasteiger partial charge in [-0.15, -0.1) is 24.0 Å². The molecular weight excluding hydrogens is 450 g/mol. The molecule has 0 aliphatic rings. The van der Waals surface area contributed by atoms with Crippen LogP contribution in [0.4, 0.5) is 10.1 Å². The van der Waals surface area contributed by atoms with Crippen molar-refractivity contribution >= 4 is 35.6 Å². The number of anilines is 1. The lowest BCUT2D eigenvalue weighted by Gasteiger charge is -2.20. The van der Waals surface area contributed by atoms with Crippen LogP contribution in [0.3, 0.4) is 0 Å². The SMILES string of the molecule is CN=C(NCCCOCCOC)NCCCN(C)c1ccccc1F.I. The van der Waals surface area contributed by atoms with Gasteiger partial charge in [-0.25, -0.2) is 4.39 Å². The topological polar surface area (TPSA) is 58.1 Å². The van der Waals surface area contributed by atoms with Gasteiger partial charge < -0.3 is 25.0 Å². The summed E-state index contributed by atoms with van der Waals surface area (Å²) < 4.78 is 24.0. The highest BCUT2D eigenvalue weighted by Gasteiger charge is 2.06. The molecule has 8 heteroatoms. The highest BCUT2D eigenvalue weighted by molar-refractivity contribution is 14.0. The Hall–Kier alpha value is -1.13. The van der Waals surface area contributed by atoms with E-state index in [4.69, 9.17) is 9.47 Å². The Morgan fingerprint density at radius 3 is 2.46 bits per heavy atom. The molecule has 150 valence electrons. The van der Waals surface area contributed by atoms with Crippen molar-refractivity contribution in [3.8, 4) is 0 Å². The second-order valence-electron chi connectivity index (χ2n) is 5.61. The zero-order valence-corrected chi connectivity index (χ0v) is 18.3. The molecule has 0 spiro atoms. The average molecular weight is 482 g/mol. The summed E-state index contributed by atoms with van der Waals surface area (Å²) in [5.74, 6) is 0.577. The largest absolute Gasteiger partial charge is 0.382 e. The van der Waals surface area contributed by atoms with Crippen LogP contribution in [0.5, 0.6) is 0 Å². The van der Waals surface area contributed by atoms with Crippen LogP contribution < -0.4 is 15.5 Å². The molecule has 0 saturated heterocycles. The van der Waals surface area contributed by atoms with Crippen molar-refractivity contribution in [1.82, 2.24) is 10.6 Å². The van der Waals surface area contributed by atoms with Gasteiger partial charge in [0.05, 0.1) is 18.9 Å². The molecule has 0 amide bonds. The van der Waals surface area contributed by atoms with E-state index in [0.717, 1.165) is 38.4 Å². The number of guanidine groups is 1. The van der Waals surface area contributed by atoms with Crippen LogP contribution in [-0.2, 0) is 9.47 Å². The van der Waals surface area contributed by atoms with Gasteiger partial charge >= 0.3 is 0 Å². The Labute approximate surface area is 173 Å². The van der Waals surface area contributed by atoms with Gasteiger partial charge in [0.25, 0.3) is 0 Å². The summed E-state index contributed by atoms with van der Waals surface area (Å²) in [7, 11) is 5.31. The molecule has 6 nitrogen and oxygen atoms in total. The molecule has 0 atom stereocenters. The number of ether oxygens (including phenoxy) is 2. The molecule has 0 aliphatic heterocycles. The predicted octanol–water partition coefficient (Wildman–Crippen LogP) is 2.49. The number of halogens is 2. The van der Waals surface area contributed by atoms with Crippen LogP contribution in [0.1, 0.15) is 12.8 Å². The Balaban J connectivity index is 0.00000625. The first-order chi connectivity index (χ1) is 12.2. The van der Waals surface area contributed by atoms with E-state index in [9.17, 15) is 4.39 Å². The minimum Gasteiger partial charge on any atom is -0.382 e. The summed E-state index contributed by atoms with van der Waals surface area (Å²) in [6.07, 6.45) is 1.78. The van der Waals surface area contributed by atoms with E-state index in [2.05, 4.69) is 15.6 Å². The lowest BCUT2D eigenvalue weighted by atomic mass is 10.2. The predicted molar refractivity (Wildman–Crippen MR) is 116 cm³/mol. The molecule has 1 aromatic carbocycles. The normalized spacial score (nSPS) is 11.0. The highest BCUT2D eigenvalue weighted by Crippen LogP contribution is 2.16. The van der Waals surface area contributed by atoms with E-state index in [1.807, 2.05) is 18.0 Å². The third-order valence-electron chi connectivity index (χ3n) is 3.64. The number of benzene rings is 1. The van der Waals surface area contributed by atoms with E-state index in [-0.39, 0.29) is 29.8 Å². The van der Waals surface area contributed by atoms with Gasteiger partial charge in [-0.1, -0.05) is 12.1 Å². The summed E-state index contributed by atoms with van der Waals surface area (Å²) in [5.41, 5.74) is 0.624. The third kappa shape index (κ3) is 10.8. The van der Waals surface area contributed by atoms with Gasteiger partial charge in [0.2, 0.25) is 0 Å². The molecule has 0 fully saturated rings. The summed E-state index contributed by atoms with van der Waals surface area (Å²) in [6, 6.07) is 6.82. The molecule has 0 aromatic heterocycles. The van der Waals surface area contributed by atoms with Crippen molar-refractivity contribution in [2.45, 2.75) is 12.8 Å². The van der Waals surface area contributed by atoms with Crippen LogP contribution in [0.2, 0.25) is 0 Å². The van der Waals surface area contributed by atoms with E-state index in [0.29, 0.717) is 25.5 Å². The van der Waals surface area contributed by atoms with Gasteiger partial charge in [-0.3, -0.25) is 4.99 Å². The molecule has 0 saturated carbocycles. The maximum atomic E-state index is 13.7. The van der Waals surface area contributed by atoms with Gasteiger partial charge in [0.15, 0.2) is 5.96 Å². The quantitative estimate of drug-likeness (QED) is 0.208. The number of aliphatic imine (C=N–C) groups is 1. The van der Waals surface area contributed by atoms with Crippen molar-refractivity contribution < 1.29 is 13.9 Å². The number of nitrogens with zero attached hydrogens (tertiary/aromatic N) is 2. The van der Waals surface area contributed by atoms with Crippen molar-refractivity contribution in [3.63, 3.8) is 0 Å². The van der Waals surface area contributed by atoms with Crippen LogP contribution in [0.25, 0.3) is 0 Å². The lowest BCUT2D eigenvalue weighted by molar-refractivity contribution is 0.0698. The minimum atomic E-state index is -0.192. The Bertz CT molecular complexity index is 506. The lowest BCUT2D eigenvalue weighted by Crippen LogP contribution is -2.39. The number of hydrogen-bond donors (Lipinski definition) is 2. The number of rotatable bonds is 12. The van der Waals surface area contributed by atoms with Crippen molar-refractivity contribution in [3.05, 3.63) is 30.1 Å². The highest BCUT2D eigenvalue weighted by atomic mass is 127. The maximum Gasteiger partial charge on any atom is 0.190 e. The van der Waals surface area contributed by atoms with E-state index >= 15 is 0 Å². The van der Waals surface area contributed by atoms with Gasteiger partial charge in [0.1, 0.15) is 5.82 Å². The first-order valence-corrected chi connectivity index (χ1v) is 8.66. The van der Waals surface area contributed by atoms with Crippen LogP contribution in [-0.4, -0.2) is 66.6 Å². The number of hydrogen-bond acceptors (Lipinski definition) is 4. The molecule has 0 bridgehead atoms. The fraction of sp³-hybridized carbons (Fsp3) is 0.611. The second kappa shape index (κ2) is 16.1. The molecule has 26 heavy (non-hydrogen) atoms. The molecule has 1 rings (SSSR count). The second-order valence-corrected chi connectivity index (χ2v) is 5.61. The first kappa shape index (κ1) is 24.9. The number of para-hydroxylation sites is 1. The van der Waals surface area contributed by atoms with Crippen LogP contribution in [0.15, 0.2) is 29.3 Å². The standard InChI is InChI=1S/C18H31FN4O2.HI/c1-20-18(22-11-7-13-25-15-14-24-3)21-10-6-12-23(2)17-9-5-4-8-16(17)19;/h4-5,8-9H,6-7,10-15H2,1-3H3,(H2,20,21,22);1H. The van der Waals surface area contributed by atoms with Gasteiger partial charge in [-0.2, -0.15) is 0 Å². The molecule has 2 N–H and O–H groups in total. The summed E-state index contributed by atoms with van der Waals surface area (Å²) in [5, 5.41) is 6.50. The molecule has 0 radical (unpaired) electrons. The van der Waals surface area contributed by atoms with E-state index in [1.165, 1.54) is 6.07 Å². The summed E-state index contributed by atoms with van der Waals surface area (Å²) >= 11 is 0. The zero-order chi connectivity index (χ0) is 18.3. The van der Waals surface area contributed by atoms with Crippen molar-refractivity contribution in [1.29, 1.82) is 0 Å². The van der Waals surface area contributed by atoms with Gasteiger partial charge in [-0.05, 0) is 25.0 Å². The zero-order valence-electron chi connectivity index (χ0n) is 16.0. The molecule has 1 aromatic rings.